The van der Waals surface area contributed by atoms with Crippen molar-refractivity contribution in [3.8, 4) is 0 Å². The van der Waals surface area contributed by atoms with Gasteiger partial charge in [0.1, 0.15) is 0 Å². The van der Waals surface area contributed by atoms with Crippen molar-refractivity contribution in [2.24, 2.45) is 4.99 Å². The minimum absolute atomic E-state index is 0. The second kappa shape index (κ2) is 11.6. The molecule has 1 aliphatic rings. The van der Waals surface area contributed by atoms with Crippen LogP contribution in [-0.4, -0.2) is 61.0 Å². The van der Waals surface area contributed by atoms with Gasteiger partial charge in [-0.2, -0.15) is 0 Å². The number of anilines is 1. The lowest BCUT2D eigenvalue weighted by atomic mass is 10.3. The number of nitrogens with zero attached hydrogens (tertiary/aromatic N) is 3. The van der Waals surface area contributed by atoms with E-state index >= 15 is 0 Å². The first kappa shape index (κ1) is 22.9. The molecule has 1 atom stereocenters. The number of hydrogen-bond donors (Lipinski definition) is 3. The molecule has 1 unspecified atom stereocenters. The van der Waals surface area contributed by atoms with Gasteiger partial charge in [-0.3, -0.25) is 19.9 Å². The highest BCUT2D eigenvalue weighted by atomic mass is 127. The Bertz CT molecular complexity index is 653. The van der Waals surface area contributed by atoms with Gasteiger partial charge >= 0.3 is 0 Å². The van der Waals surface area contributed by atoms with Crippen LogP contribution in [0.5, 0.6) is 0 Å². The molecule has 1 aromatic carbocycles. The number of non-ortho nitro benzene ring substituents is 1. The van der Waals surface area contributed by atoms with Crippen molar-refractivity contribution in [2.45, 2.75) is 25.8 Å². The number of carbonyl (C=O) groups is 1. The van der Waals surface area contributed by atoms with Crippen LogP contribution < -0.4 is 16.0 Å². The van der Waals surface area contributed by atoms with Gasteiger partial charge in [0.25, 0.3) is 5.69 Å². The average molecular weight is 490 g/mol. The lowest BCUT2D eigenvalue weighted by Gasteiger charge is -2.19. The molecule has 1 saturated heterocycles. The predicted molar refractivity (Wildman–Crippen MR) is 117 cm³/mol. The van der Waals surface area contributed by atoms with Gasteiger partial charge in [0.15, 0.2) is 5.96 Å². The number of nitrogens with one attached hydrogen (secondary N) is 3. The van der Waals surface area contributed by atoms with E-state index in [1.807, 2.05) is 11.8 Å². The Kier molecular flexibility index (Phi) is 9.83. The highest BCUT2D eigenvalue weighted by Gasteiger charge is 2.25. The fraction of sp³-hybridized carbons (Fsp3) is 0.529. The zero-order chi connectivity index (χ0) is 18.9. The van der Waals surface area contributed by atoms with Gasteiger partial charge < -0.3 is 20.9 Å². The maximum Gasteiger partial charge on any atom is 0.269 e. The summed E-state index contributed by atoms with van der Waals surface area (Å²) >= 11 is 0. The van der Waals surface area contributed by atoms with E-state index in [1.165, 1.54) is 12.1 Å². The highest BCUT2D eigenvalue weighted by Crippen LogP contribution is 2.15. The van der Waals surface area contributed by atoms with E-state index < -0.39 is 4.92 Å². The molecule has 0 bridgehead atoms. The van der Waals surface area contributed by atoms with Crippen molar-refractivity contribution in [3.05, 3.63) is 34.4 Å². The van der Waals surface area contributed by atoms with E-state index in [1.54, 1.807) is 19.2 Å². The number of likely N-dealkylation sites (tertiary alicyclic amines) is 1. The fourth-order valence-corrected chi connectivity index (χ4v) is 2.80. The molecule has 0 radical (unpaired) electrons. The van der Waals surface area contributed by atoms with Crippen LogP contribution in [0.1, 0.15) is 19.8 Å². The Morgan fingerprint density at radius 1 is 1.33 bits per heavy atom. The van der Waals surface area contributed by atoms with Gasteiger partial charge in [0, 0.05) is 63.5 Å². The van der Waals surface area contributed by atoms with E-state index in [0.717, 1.165) is 18.7 Å². The molecule has 2 rings (SSSR count). The third-order valence-electron chi connectivity index (χ3n) is 4.23. The summed E-state index contributed by atoms with van der Waals surface area (Å²) in [5, 5.41) is 20.4. The molecule has 1 aliphatic heterocycles. The third kappa shape index (κ3) is 7.19. The molecular weight excluding hydrogens is 463 g/mol. The summed E-state index contributed by atoms with van der Waals surface area (Å²) < 4.78 is 0. The van der Waals surface area contributed by atoms with E-state index in [9.17, 15) is 14.9 Å². The van der Waals surface area contributed by atoms with Crippen LogP contribution in [0.15, 0.2) is 29.3 Å². The number of hydrogen-bond acceptors (Lipinski definition) is 5. The molecule has 3 N–H and O–H groups in total. The van der Waals surface area contributed by atoms with Crippen LogP contribution in [0.3, 0.4) is 0 Å². The van der Waals surface area contributed by atoms with Crippen molar-refractivity contribution in [1.82, 2.24) is 15.5 Å². The van der Waals surface area contributed by atoms with Gasteiger partial charge in [-0.05, 0) is 18.6 Å². The van der Waals surface area contributed by atoms with Crippen molar-refractivity contribution in [3.63, 3.8) is 0 Å². The van der Waals surface area contributed by atoms with Gasteiger partial charge in [0.05, 0.1) is 4.92 Å². The Morgan fingerprint density at radius 2 is 2.04 bits per heavy atom. The van der Waals surface area contributed by atoms with E-state index in [4.69, 9.17) is 0 Å². The molecule has 0 aliphatic carbocycles. The van der Waals surface area contributed by atoms with Crippen LogP contribution in [0.4, 0.5) is 11.4 Å². The number of nitro groups is 1. The van der Waals surface area contributed by atoms with Gasteiger partial charge in [0.2, 0.25) is 5.91 Å². The van der Waals surface area contributed by atoms with E-state index in [2.05, 4.69) is 20.9 Å². The molecule has 1 aromatic rings. The SMILES string of the molecule is CCC(=O)N1CCC(NC(=NC)NCCNc2ccc([N+](=O)[O-])cc2)C1.I. The topological polar surface area (TPSA) is 112 Å². The largest absolute Gasteiger partial charge is 0.383 e. The summed E-state index contributed by atoms with van der Waals surface area (Å²) in [5.74, 6) is 0.885. The first-order valence-corrected chi connectivity index (χ1v) is 8.76. The molecule has 27 heavy (non-hydrogen) atoms. The first-order valence-electron chi connectivity index (χ1n) is 8.76. The summed E-state index contributed by atoms with van der Waals surface area (Å²) in [5.41, 5.74) is 0.898. The summed E-state index contributed by atoms with van der Waals surface area (Å²) in [7, 11) is 1.71. The second-order valence-electron chi connectivity index (χ2n) is 6.05. The van der Waals surface area contributed by atoms with E-state index in [-0.39, 0.29) is 41.6 Å². The van der Waals surface area contributed by atoms with Gasteiger partial charge in [-0.15, -0.1) is 24.0 Å². The minimum atomic E-state index is -0.417. The lowest BCUT2D eigenvalue weighted by molar-refractivity contribution is -0.384. The zero-order valence-corrected chi connectivity index (χ0v) is 17.9. The van der Waals surface area contributed by atoms with Crippen LogP contribution in [-0.2, 0) is 4.79 Å². The number of guanidine groups is 1. The van der Waals surface area contributed by atoms with Crippen LogP contribution in [0.2, 0.25) is 0 Å². The van der Waals surface area contributed by atoms with E-state index in [0.29, 0.717) is 32.0 Å². The molecule has 0 saturated carbocycles. The summed E-state index contributed by atoms with van der Waals surface area (Å²) in [6.45, 7) is 4.64. The number of amides is 1. The molecule has 10 heteroatoms. The van der Waals surface area contributed by atoms with Crippen molar-refractivity contribution >= 4 is 47.2 Å². The number of benzene rings is 1. The first-order chi connectivity index (χ1) is 12.5. The van der Waals surface area contributed by atoms with Gasteiger partial charge in [-0.1, -0.05) is 6.92 Å². The normalized spacial score (nSPS) is 16.4. The van der Waals surface area contributed by atoms with Crippen LogP contribution in [0, 0.1) is 10.1 Å². The number of halogens is 1. The molecule has 1 fully saturated rings. The molecule has 150 valence electrons. The predicted octanol–water partition coefficient (Wildman–Crippen LogP) is 1.80. The Morgan fingerprint density at radius 3 is 2.63 bits per heavy atom. The van der Waals surface area contributed by atoms with Crippen molar-refractivity contribution in [2.75, 3.05) is 38.5 Å². The summed E-state index contributed by atoms with van der Waals surface area (Å²) in [4.78, 5) is 28.0. The molecule has 0 aromatic heterocycles. The van der Waals surface area contributed by atoms with Crippen LogP contribution >= 0.6 is 24.0 Å². The second-order valence-corrected chi connectivity index (χ2v) is 6.05. The molecule has 0 spiro atoms. The number of rotatable bonds is 7. The number of aliphatic imine (C=N–C) groups is 1. The number of carbonyl (C=O) groups excluding carboxylic acids is 1. The molecule has 1 heterocycles. The summed E-state index contributed by atoms with van der Waals surface area (Å²) in [6.07, 6.45) is 1.45. The monoisotopic (exact) mass is 490 g/mol. The smallest absolute Gasteiger partial charge is 0.269 e. The Hall–Kier alpha value is -2.11. The average Bonchev–Trinajstić information content (AvgIpc) is 3.12. The van der Waals surface area contributed by atoms with Gasteiger partial charge in [-0.25, -0.2) is 0 Å². The van der Waals surface area contributed by atoms with Crippen LogP contribution in [0.25, 0.3) is 0 Å². The highest BCUT2D eigenvalue weighted by molar-refractivity contribution is 14.0. The molecular formula is C17H27IN6O3. The standard InChI is InChI=1S/C17H26N6O3.HI/c1-3-16(24)22-11-8-14(12-22)21-17(18-2)20-10-9-19-13-4-6-15(7-5-13)23(25)26;/h4-7,14,19H,3,8-12H2,1-2H3,(H2,18,20,21);1H. The Balaban J connectivity index is 0.00000364. The third-order valence-corrected chi connectivity index (χ3v) is 4.23. The molecule has 9 nitrogen and oxygen atoms in total. The minimum Gasteiger partial charge on any atom is -0.383 e. The zero-order valence-electron chi connectivity index (χ0n) is 15.6. The van der Waals surface area contributed by atoms with Crippen molar-refractivity contribution < 1.29 is 9.72 Å². The summed E-state index contributed by atoms with van der Waals surface area (Å²) in [6, 6.07) is 6.52. The Labute approximate surface area is 176 Å². The fourth-order valence-electron chi connectivity index (χ4n) is 2.80. The quantitative estimate of drug-likeness (QED) is 0.134. The molecule has 1 amide bonds. The number of nitro benzene ring substituents is 1. The lowest BCUT2D eigenvalue weighted by Crippen LogP contribution is -2.46. The maximum atomic E-state index is 11.7. The maximum absolute atomic E-state index is 11.7. The van der Waals surface area contributed by atoms with Crippen molar-refractivity contribution in [1.29, 1.82) is 0 Å².